The quantitative estimate of drug-likeness (QED) is 0.767. The van der Waals surface area contributed by atoms with Crippen LogP contribution in [0.2, 0.25) is 0 Å². The van der Waals surface area contributed by atoms with Crippen LogP contribution in [0.25, 0.3) is 0 Å². The molecule has 6 heteroatoms. The summed E-state index contributed by atoms with van der Waals surface area (Å²) in [6.45, 7) is 1.73. The number of carbonyl (C=O) groups is 1. The summed E-state index contributed by atoms with van der Waals surface area (Å²) in [4.78, 5) is 11.2. The van der Waals surface area contributed by atoms with Gasteiger partial charge in [0.1, 0.15) is 0 Å². The lowest BCUT2D eigenvalue weighted by atomic mass is 10.3. The molecule has 0 aliphatic carbocycles. The summed E-state index contributed by atoms with van der Waals surface area (Å²) in [6, 6.07) is 5.61. The maximum Gasteiger partial charge on any atom is 0.248 e. The van der Waals surface area contributed by atoms with E-state index in [-0.39, 0.29) is 10.8 Å². The first-order valence-corrected chi connectivity index (χ1v) is 6.04. The van der Waals surface area contributed by atoms with Gasteiger partial charge in [0.2, 0.25) is 15.9 Å². The molecule has 0 bridgehead atoms. The predicted molar refractivity (Wildman–Crippen MR) is 61.3 cm³/mol. The molecule has 1 aromatic rings. The van der Waals surface area contributed by atoms with Crippen molar-refractivity contribution in [3.05, 3.63) is 36.4 Å². The molecule has 1 aromatic carbocycles. The average molecular weight is 240 g/mol. The summed E-state index contributed by atoms with van der Waals surface area (Å²) in [5.41, 5.74) is 0.510. The molecule has 0 saturated heterocycles. The molecule has 0 aliphatic heterocycles. The van der Waals surface area contributed by atoms with E-state index in [2.05, 4.69) is 5.32 Å². The van der Waals surface area contributed by atoms with Crippen LogP contribution < -0.4 is 10.5 Å². The highest BCUT2D eigenvalue weighted by Crippen LogP contribution is 2.12. The number of primary sulfonamides is 1. The Morgan fingerprint density at radius 1 is 1.31 bits per heavy atom. The number of amides is 1. The molecule has 0 spiro atoms. The van der Waals surface area contributed by atoms with Crippen molar-refractivity contribution in [3.8, 4) is 0 Å². The van der Waals surface area contributed by atoms with Crippen molar-refractivity contribution in [1.82, 2.24) is 0 Å². The third kappa shape index (κ3) is 3.48. The van der Waals surface area contributed by atoms with Crippen molar-refractivity contribution >= 4 is 21.6 Å². The number of rotatable bonds is 3. The molecule has 1 amide bonds. The van der Waals surface area contributed by atoms with Crippen molar-refractivity contribution in [2.75, 3.05) is 5.32 Å². The van der Waals surface area contributed by atoms with Crippen LogP contribution >= 0.6 is 0 Å². The smallest absolute Gasteiger partial charge is 0.248 e. The van der Waals surface area contributed by atoms with Crippen molar-refractivity contribution in [1.29, 1.82) is 0 Å². The number of carbonyl (C=O) groups excluding carboxylic acids is 1. The van der Waals surface area contributed by atoms with Gasteiger partial charge in [-0.2, -0.15) is 0 Å². The number of hydrogen-bond acceptors (Lipinski definition) is 3. The first-order valence-electron chi connectivity index (χ1n) is 4.50. The van der Waals surface area contributed by atoms with Gasteiger partial charge in [-0.05, 0) is 37.3 Å². The van der Waals surface area contributed by atoms with Crippen molar-refractivity contribution < 1.29 is 13.2 Å². The van der Waals surface area contributed by atoms with Gasteiger partial charge in [-0.15, -0.1) is 0 Å². The monoisotopic (exact) mass is 240 g/mol. The summed E-state index contributed by atoms with van der Waals surface area (Å²) in [5, 5.41) is 7.49. The van der Waals surface area contributed by atoms with E-state index in [0.717, 1.165) is 0 Å². The lowest BCUT2D eigenvalue weighted by Gasteiger charge is -2.03. The molecule has 0 saturated carbocycles. The SMILES string of the molecule is CC=CC(=O)Nc1ccc(S(N)(=O)=O)cc1. The average Bonchev–Trinajstić information content (AvgIpc) is 2.17. The van der Waals surface area contributed by atoms with Gasteiger partial charge in [0.15, 0.2) is 0 Å². The molecule has 0 aliphatic rings. The van der Waals surface area contributed by atoms with E-state index in [1.807, 2.05) is 0 Å². The number of allylic oxidation sites excluding steroid dienone is 1. The minimum atomic E-state index is -3.68. The van der Waals surface area contributed by atoms with Crippen LogP contribution in [-0.4, -0.2) is 14.3 Å². The number of nitrogens with one attached hydrogen (secondary N) is 1. The van der Waals surface area contributed by atoms with Crippen LogP contribution in [0.3, 0.4) is 0 Å². The van der Waals surface area contributed by atoms with Gasteiger partial charge in [0.05, 0.1) is 4.90 Å². The predicted octanol–water partition coefficient (Wildman–Crippen LogP) is 0.849. The Morgan fingerprint density at radius 3 is 2.31 bits per heavy atom. The fraction of sp³-hybridized carbons (Fsp3) is 0.100. The van der Waals surface area contributed by atoms with Crippen LogP contribution in [0.5, 0.6) is 0 Å². The third-order valence-corrected chi connectivity index (χ3v) is 2.70. The third-order valence-electron chi connectivity index (χ3n) is 1.77. The normalized spacial score (nSPS) is 11.6. The summed E-state index contributed by atoms with van der Waals surface area (Å²) < 4.78 is 21.9. The van der Waals surface area contributed by atoms with Crippen LogP contribution in [-0.2, 0) is 14.8 Å². The number of benzene rings is 1. The van der Waals surface area contributed by atoms with Crippen LogP contribution in [0, 0.1) is 0 Å². The zero-order chi connectivity index (χ0) is 12.2. The van der Waals surface area contributed by atoms with Gasteiger partial charge in [-0.1, -0.05) is 6.08 Å². The van der Waals surface area contributed by atoms with Gasteiger partial charge >= 0.3 is 0 Å². The minimum Gasteiger partial charge on any atom is -0.323 e. The van der Waals surface area contributed by atoms with E-state index >= 15 is 0 Å². The highest BCUT2D eigenvalue weighted by Gasteiger charge is 2.06. The number of nitrogens with two attached hydrogens (primary N) is 1. The standard InChI is InChI=1S/C10H12N2O3S/c1-2-3-10(13)12-8-4-6-9(7-5-8)16(11,14)15/h2-7H,1H3,(H,12,13)(H2,11,14,15). The fourth-order valence-corrected chi connectivity index (χ4v) is 1.58. The second kappa shape index (κ2) is 4.91. The second-order valence-corrected chi connectivity index (χ2v) is 4.62. The van der Waals surface area contributed by atoms with E-state index < -0.39 is 10.0 Å². The van der Waals surface area contributed by atoms with E-state index in [9.17, 15) is 13.2 Å². The molecule has 0 radical (unpaired) electrons. The first kappa shape index (κ1) is 12.4. The van der Waals surface area contributed by atoms with Crippen LogP contribution in [0.4, 0.5) is 5.69 Å². The Morgan fingerprint density at radius 2 is 1.88 bits per heavy atom. The number of sulfonamides is 1. The highest BCUT2D eigenvalue weighted by atomic mass is 32.2. The summed E-state index contributed by atoms with van der Waals surface area (Å²) in [7, 11) is -3.68. The number of anilines is 1. The van der Waals surface area contributed by atoms with Crippen molar-refractivity contribution in [3.63, 3.8) is 0 Å². The Hall–Kier alpha value is -1.66. The summed E-state index contributed by atoms with van der Waals surface area (Å²) in [6.07, 6.45) is 2.97. The largest absolute Gasteiger partial charge is 0.323 e. The molecule has 1 rings (SSSR count). The molecule has 0 unspecified atom stereocenters. The van der Waals surface area contributed by atoms with Gasteiger partial charge in [-0.25, -0.2) is 13.6 Å². The molecule has 86 valence electrons. The second-order valence-electron chi connectivity index (χ2n) is 3.06. The molecule has 0 atom stereocenters. The van der Waals surface area contributed by atoms with Gasteiger partial charge < -0.3 is 5.32 Å². The molecule has 16 heavy (non-hydrogen) atoms. The summed E-state index contributed by atoms with van der Waals surface area (Å²) >= 11 is 0. The molecule has 3 N–H and O–H groups in total. The molecule has 0 heterocycles. The molecule has 0 fully saturated rings. The fourth-order valence-electron chi connectivity index (χ4n) is 1.06. The van der Waals surface area contributed by atoms with Gasteiger partial charge in [-0.3, -0.25) is 4.79 Å². The first-order chi connectivity index (χ1) is 7.43. The van der Waals surface area contributed by atoms with E-state index in [0.29, 0.717) is 5.69 Å². The topological polar surface area (TPSA) is 89.3 Å². The highest BCUT2D eigenvalue weighted by molar-refractivity contribution is 7.89. The number of hydrogen-bond donors (Lipinski definition) is 2. The van der Waals surface area contributed by atoms with Gasteiger partial charge in [0, 0.05) is 5.69 Å². The molecule has 5 nitrogen and oxygen atoms in total. The van der Waals surface area contributed by atoms with Gasteiger partial charge in [0.25, 0.3) is 0 Å². The molecule has 0 aromatic heterocycles. The lowest BCUT2D eigenvalue weighted by Crippen LogP contribution is -2.12. The molecular weight excluding hydrogens is 228 g/mol. The van der Waals surface area contributed by atoms with Crippen molar-refractivity contribution in [2.24, 2.45) is 5.14 Å². The maximum atomic E-state index is 11.2. The maximum absolute atomic E-state index is 11.2. The lowest BCUT2D eigenvalue weighted by molar-refractivity contribution is -0.111. The Bertz CT molecular complexity index is 503. The minimum absolute atomic E-state index is 0.0107. The van der Waals surface area contributed by atoms with E-state index in [1.54, 1.807) is 13.0 Å². The van der Waals surface area contributed by atoms with E-state index in [4.69, 9.17) is 5.14 Å². The van der Waals surface area contributed by atoms with Crippen LogP contribution in [0.1, 0.15) is 6.92 Å². The Balaban J connectivity index is 2.84. The Kier molecular flexibility index (Phi) is 3.81. The zero-order valence-corrected chi connectivity index (χ0v) is 9.49. The van der Waals surface area contributed by atoms with E-state index in [1.165, 1.54) is 30.3 Å². The molecular formula is C10H12N2O3S. The summed E-state index contributed by atoms with van der Waals surface area (Å²) in [5.74, 6) is -0.272. The zero-order valence-electron chi connectivity index (χ0n) is 8.67. The van der Waals surface area contributed by atoms with Crippen LogP contribution in [0.15, 0.2) is 41.3 Å². The van der Waals surface area contributed by atoms with Crippen molar-refractivity contribution in [2.45, 2.75) is 11.8 Å². The Labute approximate surface area is 94.0 Å².